The lowest BCUT2D eigenvalue weighted by Crippen LogP contribution is -2.26. The zero-order chi connectivity index (χ0) is 20.8. The van der Waals surface area contributed by atoms with Gasteiger partial charge < -0.3 is 29.2 Å². The van der Waals surface area contributed by atoms with Crippen LogP contribution in [-0.4, -0.2) is 42.9 Å². The van der Waals surface area contributed by atoms with E-state index in [1.165, 1.54) is 21.3 Å². The Hall–Kier alpha value is -3.16. The number of aryl methyl sites for hydroxylation is 2. The Morgan fingerprint density at radius 1 is 1.11 bits per heavy atom. The van der Waals surface area contributed by atoms with Crippen molar-refractivity contribution in [2.75, 3.05) is 21.3 Å². The summed E-state index contributed by atoms with van der Waals surface area (Å²) in [5.41, 5.74) is 2.09. The Bertz CT molecular complexity index is 847. The van der Waals surface area contributed by atoms with Crippen LogP contribution in [0.1, 0.15) is 34.1 Å². The van der Waals surface area contributed by atoms with E-state index in [1.54, 1.807) is 29.8 Å². The van der Waals surface area contributed by atoms with Gasteiger partial charge in [0.25, 0.3) is 0 Å². The Morgan fingerprint density at radius 3 is 2.18 bits per heavy atom. The van der Waals surface area contributed by atoms with Crippen molar-refractivity contribution in [2.24, 2.45) is 0 Å². The van der Waals surface area contributed by atoms with Crippen molar-refractivity contribution in [2.45, 2.75) is 33.4 Å². The molecular weight excluding hydrogens is 364 g/mol. The highest BCUT2D eigenvalue weighted by Crippen LogP contribution is 2.38. The number of nitrogens with zero attached hydrogens (tertiary/aromatic N) is 1. The largest absolute Gasteiger partial charge is 0.493 e. The molecule has 0 saturated heterocycles. The van der Waals surface area contributed by atoms with Crippen molar-refractivity contribution in [3.8, 4) is 17.2 Å². The standard InChI is InChI=1S/C20H26N2O6/c1-6-22-11-12(2)18(20(24)25)14(22)9-17(23)21-10-13-7-15(26-3)19(28-5)16(8-13)27-4/h7-8,11H,6,9-10H2,1-5H3,(H,21,23)(H,24,25). The van der Waals surface area contributed by atoms with Crippen molar-refractivity contribution >= 4 is 11.9 Å². The number of carbonyl (C=O) groups excluding carboxylic acids is 1. The van der Waals surface area contributed by atoms with Crippen LogP contribution in [0.25, 0.3) is 0 Å². The van der Waals surface area contributed by atoms with Gasteiger partial charge in [0.1, 0.15) is 0 Å². The number of amides is 1. The van der Waals surface area contributed by atoms with Gasteiger partial charge in [-0.1, -0.05) is 0 Å². The Morgan fingerprint density at radius 2 is 1.71 bits per heavy atom. The number of carboxylic acids is 1. The summed E-state index contributed by atoms with van der Waals surface area (Å²) in [5.74, 6) is 0.160. The molecule has 0 radical (unpaired) electrons. The van der Waals surface area contributed by atoms with Gasteiger partial charge in [0.2, 0.25) is 11.7 Å². The van der Waals surface area contributed by atoms with E-state index in [4.69, 9.17) is 14.2 Å². The summed E-state index contributed by atoms with van der Waals surface area (Å²) in [6.07, 6.45) is 1.74. The molecule has 0 spiro atoms. The Balaban J connectivity index is 2.17. The predicted octanol–water partition coefficient (Wildman–Crippen LogP) is 2.40. The molecule has 0 bridgehead atoms. The number of aromatic nitrogens is 1. The molecule has 2 rings (SSSR count). The summed E-state index contributed by atoms with van der Waals surface area (Å²) in [7, 11) is 4.56. The van der Waals surface area contributed by atoms with E-state index in [0.29, 0.717) is 35.1 Å². The van der Waals surface area contributed by atoms with E-state index in [0.717, 1.165) is 5.56 Å². The van der Waals surface area contributed by atoms with Crippen molar-refractivity contribution in [1.82, 2.24) is 9.88 Å². The first kappa shape index (κ1) is 21.1. The summed E-state index contributed by atoms with van der Waals surface area (Å²) in [6.45, 7) is 4.46. The number of nitrogens with one attached hydrogen (secondary N) is 1. The van der Waals surface area contributed by atoms with E-state index >= 15 is 0 Å². The van der Waals surface area contributed by atoms with Gasteiger partial charge in [-0.25, -0.2) is 4.79 Å². The predicted molar refractivity (Wildman–Crippen MR) is 103 cm³/mol. The van der Waals surface area contributed by atoms with Crippen LogP contribution >= 0.6 is 0 Å². The maximum absolute atomic E-state index is 12.5. The maximum atomic E-state index is 12.5. The molecular formula is C20H26N2O6. The average molecular weight is 390 g/mol. The van der Waals surface area contributed by atoms with E-state index in [9.17, 15) is 14.7 Å². The third kappa shape index (κ3) is 4.39. The molecule has 152 valence electrons. The summed E-state index contributed by atoms with van der Waals surface area (Å²) in [6, 6.07) is 3.51. The number of aromatic carboxylic acids is 1. The minimum Gasteiger partial charge on any atom is -0.493 e. The third-order valence-electron chi connectivity index (χ3n) is 4.48. The molecule has 0 aliphatic rings. The Kier molecular flexibility index (Phi) is 6.92. The van der Waals surface area contributed by atoms with Crippen molar-refractivity contribution in [1.29, 1.82) is 0 Å². The van der Waals surface area contributed by atoms with Crippen LogP contribution in [0, 0.1) is 6.92 Å². The fourth-order valence-corrected chi connectivity index (χ4v) is 3.16. The van der Waals surface area contributed by atoms with Gasteiger partial charge in [0.05, 0.1) is 33.3 Å². The number of methoxy groups -OCH3 is 3. The molecule has 8 nitrogen and oxygen atoms in total. The van der Waals surface area contributed by atoms with Gasteiger partial charge in [-0.3, -0.25) is 4.79 Å². The number of hydrogen-bond acceptors (Lipinski definition) is 5. The lowest BCUT2D eigenvalue weighted by atomic mass is 10.1. The number of hydrogen-bond donors (Lipinski definition) is 2. The molecule has 28 heavy (non-hydrogen) atoms. The first-order valence-electron chi connectivity index (χ1n) is 8.83. The van der Waals surface area contributed by atoms with Gasteiger partial charge in [0, 0.05) is 25.0 Å². The highest BCUT2D eigenvalue weighted by atomic mass is 16.5. The highest BCUT2D eigenvalue weighted by Gasteiger charge is 2.21. The third-order valence-corrected chi connectivity index (χ3v) is 4.48. The van der Waals surface area contributed by atoms with Gasteiger partial charge in [-0.2, -0.15) is 0 Å². The molecule has 0 fully saturated rings. The number of carbonyl (C=O) groups is 2. The molecule has 8 heteroatoms. The molecule has 1 amide bonds. The van der Waals surface area contributed by atoms with Crippen LogP contribution in [0.5, 0.6) is 17.2 Å². The first-order chi connectivity index (χ1) is 13.4. The minimum absolute atomic E-state index is 0.0201. The number of ether oxygens (including phenoxy) is 3. The molecule has 2 N–H and O–H groups in total. The average Bonchev–Trinajstić information content (AvgIpc) is 3.00. The number of benzene rings is 1. The van der Waals surface area contributed by atoms with Gasteiger partial charge in [-0.15, -0.1) is 0 Å². The van der Waals surface area contributed by atoms with E-state index < -0.39 is 5.97 Å². The quantitative estimate of drug-likeness (QED) is 0.682. The summed E-state index contributed by atoms with van der Waals surface area (Å²) in [5, 5.41) is 12.3. The second-order valence-corrected chi connectivity index (χ2v) is 6.21. The molecule has 2 aromatic rings. The van der Waals surface area contributed by atoms with Crippen molar-refractivity contribution < 1.29 is 28.9 Å². The smallest absolute Gasteiger partial charge is 0.337 e. The van der Waals surface area contributed by atoms with Crippen LogP contribution < -0.4 is 19.5 Å². The fourth-order valence-electron chi connectivity index (χ4n) is 3.16. The second kappa shape index (κ2) is 9.16. The van der Waals surface area contributed by atoms with Crippen molar-refractivity contribution in [3.63, 3.8) is 0 Å². The van der Waals surface area contributed by atoms with Gasteiger partial charge in [-0.05, 0) is 37.1 Å². The van der Waals surface area contributed by atoms with Crippen LogP contribution in [0.2, 0.25) is 0 Å². The minimum atomic E-state index is -1.03. The lowest BCUT2D eigenvalue weighted by Gasteiger charge is -2.14. The first-order valence-corrected chi connectivity index (χ1v) is 8.83. The molecule has 0 aliphatic heterocycles. The zero-order valence-electron chi connectivity index (χ0n) is 16.8. The molecule has 1 heterocycles. The van der Waals surface area contributed by atoms with Crippen LogP contribution in [0.3, 0.4) is 0 Å². The molecule has 1 aromatic heterocycles. The van der Waals surface area contributed by atoms with Gasteiger partial charge >= 0.3 is 5.97 Å². The lowest BCUT2D eigenvalue weighted by molar-refractivity contribution is -0.120. The fraction of sp³-hybridized carbons (Fsp3) is 0.400. The van der Waals surface area contributed by atoms with Crippen LogP contribution in [0.15, 0.2) is 18.3 Å². The monoisotopic (exact) mass is 390 g/mol. The van der Waals surface area contributed by atoms with E-state index in [1.807, 2.05) is 6.92 Å². The summed E-state index contributed by atoms with van der Waals surface area (Å²) >= 11 is 0. The van der Waals surface area contributed by atoms with Gasteiger partial charge in [0.15, 0.2) is 11.5 Å². The van der Waals surface area contributed by atoms with Crippen LogP contribution in [0.4, 0.5) is 0 Å². The molecule has 0 aliphatic carbocycles. The van der Waals surface area contributed by atoms with Crippen LogP contribution in [-0.2, 0) is 24.3 Å². The topological polar surface area (TPSA) is 99.0 Å². The SMILES string of the molecule is CCn1cc(C)c(C(=O)O)c1CC(=O)NCc1cc(OC)c(OC)c(OC)c1. The summed E-state index contributed by atoms with van der Waals surface area (Å²) in [4.78, 5) is 24.0. The molecule has 0 saturated carbocycles. The number of rotatable bonds is 9. The number of carboxylic acid groups (broad SMARTS) is 1. The Labute approximate surface area is 164 Å². The maximum Gasteiger partial charge on any atom is 0.337 e. The van der Waals surface area contributed by atoms with E-state index in [2.05, 4.69) is 5.32 Å². The molecule has 0 unspecified atom stereocenters. The normalized spacial score (nSPS) is 10.5. The molecule has 1 aromatic carbocycles. The zero-order valence-corrected chi connectivity index (χ0v) is 16.8. The van der Waals surface area contributed by atoms with E-state index in [-0.39, 0.29) is 24.4 Å². The van der Waals surface area contributed by atoms with Crippen molar-refractivity contribution in [3.05, 3.63) is 40.7 Å². The summed E-state index contributed by atoms with van der Waals surface area (Å²) < 4.78 is 17.7. The highest BCUT2D eigenvalue weighted by molar-refractivity contribution is 5.93. The molecule has 0 atom stereocenters. The second-order valence-electron chi connectivity index (χ2n) is 6.21.